The number of nitrogens with zero attached hydrogens (tertiary/aromatic N) is 1. The van der Waals surface area contributed by atoms with Crippen LogP contribution in [0.1, 0.15) is 6.92 Å². The summed E-state index contributed by atoms with van der Waals surface area (Å²) in [7, 11) is 0. The van der Waals surface area contributed by atoms with Crippen LogP contribution in [-0.2, 0) is 4.74 Å². The molecule has 1 heterocycles. The Bertz CT molecular complexity index is 213. The molecule has 1 saturated heterocycles. The van der Waals surface area contributed by atoms with Crippen molar-refractivity contribution in [2.24, 2.45) is 0 Å². The van der Waals surface area contributed by atoms with Gasteiger partial charge in [0.15, 0.2) is 6.29 Å². The van der Waals surface area contributed by atoms with Crippen molar-refractivity contribution in [2.75, 3.05) is 6.61 Å². The van der Waals surface area contributed by atoms with Crippen LogP contribution in [0.4, 0.5) is 0 Å². The van der Waals surface area contributed by atoms with Crippen molar-refractivity contribution in [3.8, 4) is 6.07 Å². The molecule has 15 heavy (non-hydrogen) atoms. The van der Waals surface area contributed by atoms with Crippen molar-refractivity contribution in [2.45, 2.75) is 37.6 Å². The molecule has 1 fully saturated rings. The van der Waals surface area contributed by atoms with Gasteiger partial charge >= 0.3 is 0 Å². The Morgan fingerprint density at radius 1 is 1.13 bits per heavy atom. The van der Waals surface area contributed by atoms with E-state index in [0.29, 0.717) is 0 Å². The second-order valence-electron chi connectivity index (χ2n) is 2.94. The van der Waals surface area contributed by atoms with Crippen molar-refractivity contribution in [1.82, 2.24) is 0 Å². The molecular weight excluding hydrogens is 206 g/mol. The third kappa shape index (κ3) is 3.71. The summed E-state index contributed by atoms with van der Waals surface area (Å²) in [6.07, 6.45) is -7.04. The van der Waals surface area contributed by atoms with Gasteiger partial charge in [-0.1, -0.05) is 0 Å². The van der Waals surface area contributed by atoms with Gasteiger partial charge in [-0.15, -0.1) is 0 Å². The van der Waals surface area contributed by atoms with Gasteiger partial charge in [0, 0.05) is 6.92 Å². The highest BCUT2D eigenvalue weighted by Gasteiger charge is 2.42. The molecule has 5 atom stereocenters. The van der Waals surface area contributed by atoms with E-state index in [1.807, 2.05) is 0 Å². The number of aliphatic hydroxyl groups excluding tert-OH is 5. The van der Waals surface area contributed by atoms with Crippen LogP contribution in [-0.4, -0.2) is 62.8 Å². The van der Waals surface area contributed by atoms with E-state index >= 15 is 0 Å². The van der Waals surface area contributed by atoms with Crippen molar-refractivity contribution < 1.29 is 30.3 Å². The SMILES string of the molecule is CC#N.OC[C@H]1OC(O)[C@H](O)[C@@H](O)[C@@H]1O. The number of rotatable bonds is 1. The molecule has 1 unspecified atom stereocenters. The van der Waals surface area contributed by atoms with Crippen molar-refractivity contribution >= 4 is 0 Å². The minimum Gasteiger partial charge on any atom is -0.394 e. The maximum absolute atomic E-state index is 9.12. The van der Waals surface area contributed by atoms with Gasteiger partial charge in [-0.05, 0) is 0 Å². The molecule has 0 bridgehead atoms. The summed E-state index contributed by atoms with van der Waals surface area (Å²) >= 11 is 0. The predicted molar refractivity (Wildman–Crippen MR) is 47.3 cm³/mol. The molecular formula is C8H15NO6. The number of ether oxygens (including phenoxy) is 1. The largest absolute Gasteiger partial charge is 0.394 e. The van der Waals surface area contributed by atoms with Crippen LogP contribution in [0.15, 0.2) is 0 Å². The summed E-state index contributed by atoms with van der Waals surface area (Å²) in [6, 6.07) is 1.75. The highest BCUT2D eigenvalue weighted by atomic mass is 16.6. The van der Waals surface area contributed by atoms with E-state index in [2.05, 4.69) is 4.74 Å². The molecule has 7 heteroatoms. The smallest absolute Gasteiger partial charge is 0.184 e. The number of nitriles is 1. The number of hydrogen-bond donors (Lipinski definition) is 5. The van der Waals surface area contributed by atoms with Gasteiger partial charge in [0.2, 0.25) is 0 Å². The summed E-state index contributed by atoms with van der Waals surface area (Å²) in [5.74, 6) is 0. The molecule has 0 spiro atoms. The van der Waals surface area contributed by atoms with Crippen LogP contribution in [0.3, 0.4) is 0 Å². The Hall–Kier alpha value is -0.750. The maximum Gasteiger partial charge on any atom is 0.184 e. The van der Waals surface area contributed by atoms with E-state index in [-0.39, 0.29) is 0 Å². The molecule has 1 aliphatic heterocycles. The minimum absolute atomic E-state index is 0.526. The van der Waals surface area contributed by atoms with Crippen LogP contribution in [0.25, 0.3) is 0 Å². The second kappa shape index (κ2) is 6.68. The molecule has 1 rings (SSSR count). The highest BCUT2D eigenvalue weighted by molar-refractivity contribution is 4.87. The first-order valence-electron chi connectivity index (χ1n) is 4.29. The van der Waals surface area contributed by atoms with Gasteiger partial charge in [-0.3, -0.25) is 0 Å². The van der Waals surface area contributed by atoms with Crippen LogP contribution in [0.2, 0.25) is 0 Å². The summed E-state index contributed by atoms with van der Waals surface area (Å²) < 4.78 is 4.58. The minimum atomic E-state index is -1.57. The molecule has 0 aromatic carbocycles. The third-order valence-corrected chi connectivity index (χ3v) is 1.87. The van der Waals surface area contributed by atoms with Gasteiger partial charge < -0.3 is 30.3 Å². The average Bonchev–Trinajstić information content (AvgIpc) is 2.21. The molecule has 0 saturated carbocycles. The Kier molecular flexibility index (Phi) is 6.35. The molecule has 0 aromatic rings. The third-order valence-electron chi connectivity index (χ3n) is 1.87. The molecule has 0 aliphatic carbocycles. The van der Waals surface area contributed by atoms with Gasteiger partial charge in [0.1, 0.15) is 24.4 Å². The normalized spacial score (nSPS) is 39.9. The summed E-state index contributed by atoms with van der Waals surface area (Å²) in [4.78, 5) is 0. The number of aliphatic hydroxyl groups is 5. The monoisotopic (exact) mass is 221 g/mol. The molecule has 88 valence electrons. The first-order valence-corrected chi connectivity index (χ1v) is 4.29. The summed E-state index contributed by atoms with van der Waals surface area (Å²) in [5, 5.41) is 52.0. The summed E-state index contributed by atoms with van der Waals surface area (Å²) in [5.41, 5.74) is 0. The first-order chi connectivity index (χ1) is 6.99. The van der Waals surface area contributed by atoms with Crippen LogP contribution in [0.5, 0.6) is 0 Å². The van der Waals surface area contributed by atoms with Crippen LogP contribution >= 0.6 is 0 Å². The Morgan fingerprint density at radius 2 is 1.60 bits per heavy atom. The van der Waals surface area contributed by atoms with Crippen LogP contribution in [0, 0.1) is 11.3 Å². The lowest BCUT2D eigenvalue weighted by molar-refractivity contribution is -0.286. The molecule has 0 aromatic heterocycles. The standard InChI is InChI=1S/C6H12O6.C2H3N/c7-1-2-3(8)4(9)5(10)6(11)12-2;1-2-3/h2-11H,1H2;1H3/t2-,3-,4+,5-,6?;/m1./s1. The molecule has 0 amide bonds. The lowest BCUT2D eigenvalue weighted by atomic mass is 10.00. The molecule has 0 radical (unpaired) electrons. The zero-order valence-electron chi connectivity index (χ0n) is 8.19. The van der Waals surface area contributed by atoms with Gasteiger partial charge in [0.05, 0.1) is 12.7 Å². The van der Waals surface area contributed by atoms with Gasteiger partial charge in [-0.25, -0.2) is 0 Å². The molecule has 1 aliphatic rings. The Morgan fingerprint density at radius 3 is 2.00 bits per heavy atom. The lowest BCUT2D eigenvalue weighted by Gasteiger charge is -2.37. The fourth-order valence-corrected chi connectivity index (χ4v) is 1.08. The zero-order valence-corrected chi connectivity index (χ0v) is 8.19. The fraction of sp³-hybridized carbons (Fsp3) is 0.875. The number of hydrogen-bond acceptors (Lipinski definition) is 7. The van der Waals surface area contributed by atoms with E-state index < -0.39 is 37.3 Å². The van der Waals surface area contributed by atoms with E-state index in [1.54, 1.807) is 6.07 Å². The second-order valence-corrected chi connectivity index (χ2v) is 2.94. The molecule has 7 nitrogen and oxygen atoms in total. The zero-order chi connectivity index (χ0) is 12.0. The van der Waals surface area contributed by atoms with Crippen LogP contribution < -0.4 is 0 Å². The van der Waals surface area contributed by atoms with Crippen molar-refractivity contribution in [1.29, 1.82) is 5.26 Å². The lowest BCUT2D eigenvalue weighted by Crippen LogP contribution is -2.58. The Balaban J connectivity index is 0.000000583. The van der Waals surface area contributed by atoms with E-state index in [1.165, 1.54) is 6.92 Å². The van der Waals surface area contributed by atoms with Gasteiger partial charge in [0.25, 0.3) is 0 Å². The van der Waals surface area contributed by atoms with E-state index in [9.17, 15) is 0 Å². The highest BCUT2D eigenvalue weighted by Crippen LogP contribution is 2.18. The van der Waals surface area contributed by atoms with E-state index in [0.717, 1.165) is 0 Å². The van der Waals surface area contributed by atoms with Crippen molar-refractivity contribution in [3.05, 3.63) is 0 Å². The Labute approximate surface area is 86.8 Å². The quantitative estimate of drug-likeness (QED) is 0.325. The maximum atomic E-state index is 9.12. The predicted octanol–water partition coefficient (Wildman–Crippen LogP) is -2.69. The average molecular weight is 221 g/mol. The van der Waals surface area contributed by atoms with Gasteiger partial charge in [-0.2, -0.15) is 5.26 Å². The fourth-order valence-electron chi connectivity index (χ4n) is 1.08. The first kappa shape index (κ1) is 14.2. The summed E-state index contributed by atoms with van der Waals surface area (Å²) in [6.45, 7) is 0.905. The topological polar surface area (TPSA) is 134 Å². The van der Waals surface area contributed by atoms with Crippen molar-refractivity contribution in [3.63, 3.8) is 0 Å². The molecule has 5 N–H and O–H groups in total. The van der Waals surface area contributed by atoms with E-state index in [4.69, 9.17) is 30.8 Å².